The minimum Gasteiger partial charge on any atom is -0.507 e. The molecule has 112 valence electrons. The molecule has 0 heterocycles. The van der Waals surface area contributed by atoms with Crippen LogP contribution in [-0.4, -0.2) is 29.0 Å². The van der Waals surface area contributed by atoms with Gasteiger partial charge in [-0.25, -0.2) is 0 Å². The van der Waals surface area contributed by atoms with Gasteiger partial charge in [-0.05, 0) is 25.3 Å². The van der Waals surface area contributed by atoms with Gasteiger partial charge in [-0.2, -0.15) is 0 Å². The maximum Gasteiger partial charge on any atom is 0.123 e. The molecule has 2 rings (SSSR count). The van der Waals surface area contributed by atoms with Gasteiger partial charge < -0.3 is 20.3 Å². The zero-order valence-electron chi connectivity index (χ0n) is 12.2. The summed E-state index contributed by atoms with van der Waals surface area (Å²) in [6.45, 7) is 3.44. The molecule has 20 heavy (non-hydrogen) atoms. The Bertz CT molecular complexity index is 428. The predicted molar refractivity (Wildman–Crippen MR) is 79.0 cm³/mol. The number of hydrogen-bond donors (Lipinski definition) is 3. The van der Waals surface area contributed by atoms with Crippen LogP contribution in [0, 0.1) is 0 Å². The minimum absolute atomic E-state index is 0.158. The van der Waals surface area contributed by atoms with Crippen molar-refractivity contribution in [1.29, 1.82) is 0 Å². The Morgan fingerprint density at radius 1 is 1.30 bits per heavy atom. The summed E-state index contributed by atoms with van der Waals surface area (Å²) >= 11 is 0. The Labute approximate surface area is 120 Å². The number of phenolic OH excluding ortho intramolecular Hbond substituents is 1. The van der Waals surface area contributed by atoms with Crippen molar-refractivity contribution in [1.82, 2.24) is 5.32 Å². The summed E-state index contributed by atoms with van der Waals surface area (Å²) in [4.78, 5) is 0. The number of aliphatic hydroxyl groups is 1. The van der Waals surface area contributed by atoms with E-state index in [1.807, 2.05) is 19.1 Å². The molecule has 4 heteroatoms. The highest BCUT2D eigenvalue weighted by atomic mass is 16.5. The van der Waals surface area contributed by atoms with Crippen molar-refractivity contribution in [2.24, 2.45) is 0 Å². The third-order valence-electron chi connectivity index (χ3n) is 4.05. The van der Waals surface area contributed by atoms with Crippen molar-refractivity contribution in [3.63, 3.8) is 0 Å². The average molecular weight is 279 g/mol. The van der Waals surface area contributed by atoms with E-state index in [0.717, 1.165) is 37.7 Å². The molecule has 1 aromatic carbocycles. The first-order chi connectivity index (χ1) is 9.69. The van der Waals surface area contributed by atoms with Gasteiger partial charge in [0.2, 0.25) is 0 Å². The Morgan fingerprint density at radius 2 is 2.05 bits per heavy atom. The van der Waals surface area contributed by atoms with Gasteiger partial charge >= 0.3 is 0 Å². The summed E-state index contributed by atoms with van der Waals surface area (Å²) in [6.07, 6.45) is 5.26. The van der Waals surface area contributed by atoms with E-state index in [1.165, 1.54) is 0 Å². The lowest BCUT2D eigenvalue weighted by atomic mass is 9.98. The van der Waals surface area contributed by atoms with Gasteiger partial charge in [0.15, 0.2) is 0 Å². The Hall–Kier alpha value is -1.26. The van der Waals surface area contributed by atoms with Crippen LogP contribution in [0.15, 0.2) is 18.2 Å². The van der Waals surface area contributed by atoms with E-state index in [9.17, 15) is 10.2 Å². The summed E-state index contributed by atoms with van der Waals surface area (Å²) < 4.78 is 5.49. The van der Waals surface area contributed by atoms with Crippen molar-refractivity contribution in [2.75, 3.05) is 13.2 Å². The first-order valence-corrected chi connectivity index (χ1v) is 7.50. The molecule has 0 amide bonds. The van der Waals surface area contributed by atoms with Crippen LogP contribution in [0.3, 0.4) is 0 Å². The van der Waals surface area contributed by atoms with Crippen molar-refractivity contribution in [3.05, 3.63) is 23.8 Å². The highest BCUT2D eigenvalue weighted by Crippen LogP contribution is 2.30. The number of ether oxygens (including phenoxy) is 1. The molecule has 0 atom stereocenters. The molecule has 0 aromatic heterocycles. The molecular formula is C16H25NO3. The molecule has 0 saturated heterocycles. The highest BCUT2D eigenvalue weighted by Gasteiger charge is 2.32. The number of rotatable bonds is 7. The maximum absolute atomic E-state index is 10.0. The number of phenols is 1. The average Bonchev–Trinajstić information content (AvgIpc) is 2.93. The predicted octanol–water partition coefficient (Wildman–Crippen LogP) is 2.58. The van der Waals surface area contributed by atoms with Gasteiger partial charge in [0.1, 0.15) is 11.5 Å². The smallest absolute Gasteiger partial charge is 0.123 e. The fourth-order valence-corrected chi connectivity index (χ4v) is 2.73. The van der Waals surface area contributed by atoms with E-state index in [2.05, 4.69) is 5.32 Å². The molecule has 1 aliphatic carbocycles. The van der Waals surface area contributed by atoms with Crippen molar-refractivity contribution >= 4 is 0 Å². The molecule has 3 N–H and O–H groups in total. The van der Waals surface area contributed by atoms with Gasteiger partial charge in [-0.1, -0.05) is 25.8 Å². The van der Waals surface area contributed by atoms with Crippen molar-refractivity contribution < 1.29 is 14.9 Å². The maximum atomic E-state index is 10.0. The van der Waals surface area contributed by atoms with Crippen LogP contribution in [0.4, 0.5) is 0 Å². The van der Waals surface area contributed by atoms with Gasteiger partial charge in [0.25, 0.3) is 0 Å². The molecule has 0 aliphatic heterocycles. The van der Waals surface area contributed by atoms with Crippen molar-refractivity contribution in [3.8, 4) is 11.5 Å². The molecule has 1 aromatic rings. The third-order valence-corrected chi connectivity index (χ3v) is 4.05. The largest absolute Gasteiger partial charge is 0.507 e. The number of aliphatic hydroxyl groups excluding tert-OH is 1. The van der Waals surface area contributed by atoms with Crippen LogP contribution in [0.2, 0.25) is 0 Å². The third kappa shape index (κ3) is 3.64. The first kappa shape index (κ1) is 15.1. The Morgan fingerprint density at radius 3 is 2.65 bits per heavy atom. The minimum atomic E-state index is -0.163. The van der Waals surface area contributed by atoms with Crippen LogP contribution >= 0.6 is 0 Å². The molecule has 0 bridgehead atoms. The van der Waals surface area contributed by atoms with Crippen LogP contribution in [0.5, 0.6) is 11.5 Å². The molecule has 1 fully saturated rings. The lowest BCUT2D eigenvalue weighted by Gasteiger charge is -2.28. The van der Waals surface area contributed by atoms with Crippen LogP contribution < -0.4 is 10.1 Å². The molecule has 0 spiro atoms. The summed E-state index contributed by atoms with van der Waals surface area (Å²) in [5, 5.41) is 23.0. The van der Waals surface area contributed by atoms with Gasteiger partial charge in [0.05, 0.1) is 13.2 Å². The first-order valence-electron chi connectivity index (χ1n) is 7.50. The summed E-state index contributed by atoms with van der Waals surface area (Å²) in [6, 6.07) is 5.42. The van der Waals surface area contributed by atoms with Crippen LogP contribution in [0.1, 0.15) is 44.6 Å². The van der Waals surface area contributed by atoms with E-state index < -0.39 is 0 Å². The van der Waals surface area contributed by atoms with Crippen molar-refractivity contribution in [2.45, 2.75) is 51.1 Å². The second-order valence-corrected chi connectivity index (χ2v) is 5.64. The van der Waals surface area contributed by atoms with Gasteiger partial charge in [-0.3, -0.25) is 0 Å². The molecule has 0 unspecified atom stereocenters. The van der Waals surface area contributed by atoms with E-state index in [0.29, 0.717) is 18.9 Å². The standard InChI is InChI=1S/C16H25NO3/c1-2-9-20-14-6-5-13(15(19)10-14)11-17-16(12-18)7-3-4-8-16/h5-6,10,17-19H,2-4,7-9,11-12H2,1H3. The zero-order chi connectivity index (χ0) is 14.4. The summed E-state index contributed by atoms with van der Waals surface area (Å²) in [5.41, 5.74) is 0.678. The quantitative estimate of drug-likeness (QED) is 0.718. The van der Waals surface area contributed by atoms with Gasteiger partial charge in [-0.15, -0.1) is 0 Å². The van der Waals surface area contributed by atoms with Gasteiger partial charge in [0, 0.05) is 23.7 Å². The van der Waals surface area contributed by atoms with Crippen LogP contribution in [0.25, 0.3) is 0 Å². The fourth-order valence-electron chi connectivity index (χ4n) is 2.73. The van der Waals surface area contributed by atoms with Crippen LogP contribution in [-0.2, 0) is 6.54 Å². The monoisotopic (exact) mass is 279 g/mol. The fraction of sp³-hybridized carbons (Fsp3) is 0.625. The zero-order valence-corrected chi connectivity index (χ0v) is 12.2. The number of hydrogen-bond acceptors (Lipinski definition) is 4. The van der Waals surface area contributed by atoms with E-state index >= 15 is 0 Å². The molecule has 1 saturated carbocycles. The second kappa shape index (κ2) is 6.95. The lowest BCUT2D eigenvalue weighted by molar-refractivity contribution is 0.162. The topological polar surface area (TPSA) is 61.7 Å². The highest BCUT2D eigenvalue weighted by molar-refractivity contribution is 5.39. The van der Waals surface area contributed by atoms with E-state index in [1.54, 1.807) is 6.07 Å². The molecule has 4 nitrogen and oxygen atoms in total. The number of nitrogens with one attached hydrogen (secondary N) is 1. The molecule has 0 radical (unpaired) electrons. The molecule has 1 aliphatic rings. The summed E-state index contributed by atoms with van der Waals surface area (Å²) in [7, 11) is 0. The summed E-state index contributed by atoms with van der Waals surface area (Å²) in [5.74, 6) is 0.947. The second-order valence-electron chi connectivity index (χ2n) is 5.64. The lowest BCUT2D eigenvalue weighted by Crippen LogP contribution is -2.45. The van der Waals surface area contributed by atoms with E-state index in [-0.39, 0.29) is 17.9 Å². The van der Waals surface area contributed by atoms with E-state index in [4.69, 9.17) is 4.74 Å². The SMILES string of the molecule is CCCOc1ccc(CNC2(CO)CCCC2)c(O)c1. The number of benzene rings is 1. The number of aromatic hydroxyl groups is 1. The molecular weight excluding hydrogens is 254 g/mol. The Kier molecular flexibility index (Phi) is 5.26. The Balaban J connectivity index is 1.95. The normalized spacial score (nSPS) is 17.3.